The van der Waals surface area contributed by atoms with Gasteiger partial charge in [-0.3, -0.25) is 9.69 Å². The van der Waals surface area contributed by atoms with E-state index in [2.05, 4.69) is 18.7 Å². The molecular formula is C12H25NO2. The quantitative estimate of drug-likeness (QED) is 0.553. The van der Waals surface area contributed by atoms with Crippen LogP contribution in [0.4, 0.5) is 0 Å². The predicted octanol–water partition coefficient (Wildman–Crippen LogP) is 2.45. The van der Waals surface area contributed by atoms with Gasteiger partial charge in [-0.05, 0) is 25.9 Å². The number of nitrogens with zero attached hydrogens (tertiary/aromatic N) is 1. The minimum absolute atomic E-state index is 0.180. The molecule has 90 valence electrons. The van der Waals surface area contributed by atoms with Crippen LogP contribution in [-0.2, 0) is 9.53 Å². The SMILES string of the molecule is CCCCN(CCCC)CCOC(C)=O. The Bertz CT molecular complexity index is 152. The van der Waals surface area contributed by atoms with E-state index in [1.54, 1.807) is 0 Å². The lowest BCUT2D eigenvalue weighted by Gasteiger charge is -2.21. The molecule has 3 heteroatoms. The van der Waals surface area contributed by atoms with Gasteiger partial charge >= 0.3 is 5.97 Å². The van der Waals surface area contributed by atoms with E-state index >= 15 is 0 Å². The van der Waals surface area contributed by atoms with Gasteiger partial charge in [0.1, 0.15) is 6.61 Å². The third kappa shape index (κ3) is 9.73. The lowest BCUT2D eigenvalue weighted by atomic mass is 10.2. The highest BCUT2D eigenvalue weighted by Gasteiger charge is 2.04. The molecule has 0 N–H and O–H groups in total. The van der Waals surface area contributed by atoms with Gasteiger partial charge in [0.25, 0.3) is 0 Å². The van der Waals surface area contributed by atoms with Gasteiger partial charge in [-0.2, -0.15) is 0 Å². The van der Waals surface area contributed by atoms with Crippen LogP contribution in [0.3, 0.4) is 0 Å². The largest absolute Gasteiger partial charge is 0.465 e. The number of rotatable bonds is 9. The molecule has 0 rings (SSSR count). The van der Waals surface area contributed by atoms with Crippen molar-refractivity contribution in [2.24, 2.45) is 0 Å². The minimum atomic E-state index is -0.180. The molecule has 0 bridgehead atoms. The number of hydrogen-bond donors (Lipinski definition) is 0. The van der Waals surface area contributed by atoms with Gasteiger partial charge in [-0.15, -0.1) is 0 Å². The van der Waals surface area contributed by atoms with Crippen LogP contribution in [-0.4, -0.2) is 37.1 Å². The molecule has 0 unspecified atom stereocenters. The lowest BCUT2D eigenvalue weighted by molar-refractivity contribution is -0.141. The second-order valence-electron chi connectivity index (χ2n) is 3.89. The number of carbonyl (C=O) groups is 1. The maximum atomic E-state index is 10.6. The molecule has 0 atom stereocenters. The molecule has 0 radical (unpaired) electrons. The summed E-state index contributed by atoms with van der Waals surface area (Å²) < 4.78 is 4.95. The molecule has 15 heavy (non-hydrogen) atoms. The van der Waals surface area contributed by atoms with E-state index in [1.807, 2.05) is 0 Å². The third-order valence-electron chi connectivity index (χ3n) is 2.37. The fraction of sp³-hybridized carbons (Fsp3) is 0.917. The number of hydrogen-bond acceptors (Lipinski definition) is 3. The monoisotopic (exact) mass is 215 g/mol. The zero-order valence-electron chi connectivity index (χ0n) is 10.4. The Balaban J connectivity index is 3.63. The van der Waals surface area contributed by atoms with Gasteiger partial charge in [0.05, 0.1) is 0 Å². The third-order valence-corrected chi connectivity index (χ3v) is 2.37. The molecule has 0 aromatic rings. The standard InChI is InChI=1S/C12H25NO2/c1-4-6-8-13(9-7-5-2)10-11-15-12(3)14/h4-11H2,1-3H3. The topological polar surface area (TPSA) is 29.5 Å². The highest BCUT2D eigenvalue weighted by molar-refractivity contribution is 5.65. The van der Waals surface area contributed by atoms with E-state index in [0.29, 0.717) is 6.61 Å². The van der Waals surface area contributed by atoms with Crippen LogP contribution < -0.4 is 0 Å². The first-order valence-corrected chi connectivity index (χ1v) is 6.06. The number of carbonyl (C=O) groups excluding carboxylic acids is 1. The summed E-state index contributed by atoms with van der Waals surface area (Å²) in [5, 5.41) is 0. The van der Waals surface area contributed by atoms with E-state index in [4.69, 9.17) is 4.74 Å². The smallest absolute Gasteiger partial charge is 0.302 e. The molecule has 0 spiro atoms. The van der Waals surface area contributed by atoms with Gasteiger partial charge < -0.3 is 4.74 Å². The Kier molecular flexibility index (Phi) is 9.59. The van der Waals surface area contributed by atoms with Crippen molar-refractivity contribution < 1.29 is 9.53 Å². The zero-order chi connectivity index (χ0) is 11.5. The molecule has 0 aliphatic rings. The highest BCUT2D eigenvalue weighted by atomic mass is 16.5. The maximum absolute atomic E-state index is 10.6. The van der Waals surface area contributed by atoms with Crippen molar-refractivity contribution in [3.05, 3.63) is 0 Å². The van der Waals surface area contributed by atoms with Crippen molar-refractivity contribution in [1.29, 1.82) is 0 Å². The summed E-state index contributed by atoms with van der Waals surface area (Å²) in [6.45, 7) is 9.51. The molecule has 0 aliphatic carbocycles. The van der Waals surface area contributed by atoms with Crippen molar-refractivity contribution in [2.75, 3.05) is 26.2 Å². The highest BCUT2D eigenvalue weighted by Crippen LogP contribution is 1.99. The molecule has 0 saturated carbocycles. The Morgan fingerprint density at radius 2 is 1.60 bits per heavy atom. The molecule has 0 aromatic carbocycles. The van der Waals surface area contributed by atoms with Crippen molar-refractivity contribution in [3.63, 3.8) is 0 Å². The Hall–Kier alpha value is -0.570. The summed E-state index contributed by atoms with van der Waals surface area (Å²) >= 11 is 0. The van der Waals surface area contributed by atoms with Crippen LogP contribution in [0.1, 0.15) is 46.5 Å². The van der Waals surface area contributed by atoms with E-state index < -0.39 is 0 Å². The molecule has 0 fully saturated rings. The number of esters is 1. The molecular weight excluding hydrogens is 190 g/mol. The van der Waals surface area contributed by atoms with Gasteiger partial charge in [-0.1, -0.05) is 26.7 Å². The van der Waals surface area contributed by atoms with Crippen LogP contribution in [0.15, 0.2) is 0 Å². The average Bonchev–Trinajstić information content (AvgIpc) is 2.20. The first kappa shape index (κ1) is 14.4. The van der Waals surface area contributed by atoms with Crippen LogP contribution in [0.25, 0.3) is 0 Å². The summed E-state index contributed by atoms with van der Waals surface area (Å²) in [6.07, 6.45) is 4.89. The van der Waals surface area contributed by atoms with Gasteiger partial charge in [0.2, 0.25) is 0 Å². The Morgan fingerprint density at radius 1 is 1.07 bits per heavy atom. The van der Waals surface area contributed by atoms with Crippen LogP contribution >= 0.6 is 0 Å². The number of ether oxygens (including phenoxy) is 1. The Morgan fingerprint density at radius 3 is 2.00 bits per heavy atom. The van der Waals surface area contributed by atoms with Crippen molar-refractivity contribution >= 4 is 5.97 Å². The van der Waals surface area contributed by atoms with E-state index in [0.717, 1.165) is 19.6 Å². The first-order chi connectivity index (χ1) is 7.20. The van der Waals surface area contributed by atoms with Gasteiger partial charge in [0.15, 0.2) is 0 Å². The fourth-order valence-corrected chi connectivity index (χ4v) is 1.42. The van der Waals surface area contributed by atoms with Crippen molar-refractivity contribution in [3.8, 4) is 0 Å². The summed E-state index contributed by atoms with van der Waals surface area (Å²) in [5.41, 5.74) is 0. The van der Waals surface area contributed by atoms with Crippen LogP contribution in [0, 0.1) is 0 Å². The summed E-state index contributed by atoms with van der Waals surface area (Å²) in [4.78, 5) is 13.0. The second kappa shape index (κ2) is 9.97. The van der Waals surface area contributed by atoms with Gasteiger partial charge in [0, 0.05) is 13.5 Å². The fourth-order valence-electron chi connectivity index (χ4n) is 1.42. The normalized spacial score (nSPS) is 10.7. The molecule has 0 aliphatic heterocycles. The molecule has 0 aromatic heterocycles. The van der Waals surface area contributed by atoms with Crippen LogP contribution in [0.2, 0.25) is 0 Å². The second-order valence-corrected chi connectivity index (χ2v) is 3.89. The predicted molar refractivity (Wildman–Crippen MR) is 62.9 cm³/mol. The van der Waals surface area contributed by atoms with Crippen LogP contribution in [0.5, 0.6) is 0 Å². The average molecular weight is 215 g/mol. The van der Waals surface area contributed by atoms with Crippen molar-refractivity contribution in [2.45, 2.75) is 46.5 Å². The zero-order valence-corrected chi connectivity index (χ0v) is 10.4. The Labute approximate surface area is 93.8 Å². The molecule has 0 saturated heterocycles. The first-order valence-electron chi connectivity index (χ1n) is 6.06. The lowest BCUT2D eigenvalue weighted by Crippen LogP contribution is -2.30. The minimum Gasteiger partial charge on any atom is -0.465 e. The molecule has 3 nitrogen and oxygen atoms in total. The van der Waals surface area contributed by atoms with Gasteiger partial charge in [-0.25, -0.2) is 0 Å². The van der Waals surface area contributed by atoms with E-state index in [-0.39, 0.29) is 5.97 Å². The van der Waals surface area contributed by atoms with E-state index in [9.17, 15) is 4.79 Å². The number of unbranched alkanes of at least 4 members (excludes halogenated alkanes) is 2. The summed E-state index contributed by atoms with van der Waals surface area (Å²) in [5.74, 6) is -0.180. The van der Waals surface area contributed by atoms with E-state index in [1.165, 1.54) is 32.6 Å². The maximum Gasteiger partial charge on any atom is 0.302 e. The molecule has 0 amide bonds. The summed E-state index contributed by atoms with van der Waals surface area (Å²) in [6, 6.07) is 0. The molecule has 0 heterocycles. The summed E-state index contributed by atoms with van der Waals surface area (Å²) in [7, 11) is 0. The van der Waals surface area contributed by atoms with Crippen molar-refractivity contribution in [1.82, 2.24) is 4.90 Å².